The van der Waals surface area contributed by atoms with Crippen LogP contribution in [0.3, 0.4) is 0 Å². The normalized spacial score (nSPS) is 20.5. The Kier molecular flexibility index (Phi) is 27.4. The number of amides is 6. The predicted octanol–water partition coefficient (Wildman–Crippen LogP) is 13.9. The van der Waals surface area contributed by atoms with Gasteiger partial charge in [0, 0.05) is 89.1 Å². The van der Waals surface area contributed by atoms with E-state index in [4.69, 9.17) is 60.2 Å². The van der Waals surface area contributed by atoms with Crippen LogP contribution < -0.4 is 34.4 Å². The van der Waals surface area contributed by atoms with Crippen molar-refractivity contribution in [2.45, 2.75) is 93.4 Å². The third-order valence-electron chi connectivity index (χ3n) is 24.2. The Morgan fingerprint density at radius 1 is 0.554 bits per heavy atom. The molecule has 0 radical (unpaired) electrons. The molecule has 660 valence electrons. The second-order valence-electron chi connectivity index (χ2n) is 32.8. The first-order chi connectivity index (χ1) is 62.4. The number of guanidine groups is 5. The fraction of sp³-hybridized carbons (Fsp3) is 0.255. The quantitative estimate of drug-likeness (QED) is 0.0555. The van der Waals surface area contributed by atoms with Gasteiger partial charge in [-0.25, -0.2) is 29.4 Å². The first-order valence-electron chi connectivity index (χ1n) is 41.9. The Labute approximate surface area is 773 Å². The number of carbonyl (C=O) groups is 6. The number of piperidine rings is 1. The lowest BCUT2D eigenvalue weighted by atomic mass is 9.81. The molecule has 5 atom stereocenters. The predicted molar refractivity (Wildman–Crippen MR) is 509 cm³/mol. The van der Waals surface area contributed by atoms with Crippen LogP contribution in [-0.4, -0.2) is 154 Å². The van der Waals surface area contributed by atoms with E-state index in [0.29, 0.717) is 48.7 Å². The summed E-state index contributed by atoms with van der Waals surface area (Å²) < 4.78 is 14.3. The van der Waals surface area contributed by atoms with Crippen LogP contribution in [0.25, 0.3) is 44.6 Å². The molecule has 2 fully saturated rings. The van der Waals surface area contributed by atoms with Crippen LogP contribution in [0.1, 0.15) is 124 Å². The first-order valence-corrected chi connectivity index (χ1v) is 45.3. The van der Waals surface area contributed by atoms with Gasteiger partial charge in [-0.15, -0.1) is 34.0 Å². The number of likely N-dealkylation sites (N-methyl/N-ethyl adjacent to an activating group) is 2. The van der Waals surface area contributed by atoms with Crippen LogP contribution in [0.5, 0.6) is 0 Å². The van der Waals surface area contributed by atoms with Gasteiger partial charge in [0.2, 0.25) is 23.6 Å². The van der Waals surface area contributed by atoms with Crippen molar-refractivity contribution in [3.63, 3.8) is 0 Å². The van der Waals surface area contributed by atoms with Crippen molar-refractivity contribution in [3.05, 3.63) is 298 Å². The Balaban J connectivity index is 0.000000132. The number of carbonyl (C=O) groups excluding carboxylic acids is 6. The highest BCUT2D eigenvalue weighted by Crippen LogP contribution is 2.53. The fourth-order valence-corrected chi connectivity index (χ4v) is 21.0. The Bertz CT molecular complexity index is 6450. The van der Waals surface area contributed by atoms with Gasteiger partial charge in [0.25, 0.3) is 11.8 Å². The lowest BCUT2D eigenvalue weighted by molar-refractivity contribution is -0.133. The summed E-state index contributed by atoms with van der Waals surface area (Å²) in [5.41, 5.74) is 44.9. The summed E-state index contributed by atoms with van der Waals surface area (Å²) in [6, 6.07) is 72.1. The zero-order valence-corrected chi connectivity index (χ0v) is 76.5. The van der Waals surface area contributed by atoms with Gasteiger partial charge in [-0.2, -0.15) is 15.8 Å². The number of hydrogen-bond acceptors (Lipinski definition) is 24. The molecule has 2 unspecified atom stereocenters. The van der Waals surface area contributed by atoms with Gasteiger partial charge < -0.3 is 39.3 Å². The van der Waals surface area contributed by atoms with Gasteiger partial charge in [0.05, 0.1) is 60.0 Å². The second kappa shape index (κ2) is 38.8. The van der Waals surface area contributed by atoms with E-state index >= 15 is 0 Å². The van der Waals surface area contributed by atoms with E-state index in [0.717, 1.165) is 112 Å². The molecule has 27 nitrogen and oxygen atoms in total. The fourth-order valence-electron chi connectivity index (χ4n) is 16.7. The van der Waals surface area contributed by atoms with Gasteiger partial charge in [-0.1, -0.05) is 140 Å². The Morgan fingerprint density at radius 2 is 1.15 bits per heavy atom. The molecule has 7 aliphatic rings. The number of benzene rings is 7. The summed E-state index contributed by atoms with van der Waals surface area (Å²) in [6.07, 6.45) is 4.14. The average Bonchev–Trinajstić information content (AvgIpc) is 1.56. The van der Waals surface area contributed by atoms with E-state index in [9.17, 15) is 33.2 Å². The summed E-state index contributed by atoms with van der Waals surface area (Å²) in [7, 11) is 6.57. The van der Waals surface area contributed by atoms with Gasteiger partial charge in [0.1, 0.15) is 28.9 Å². The lowest BCUT2D eigenvalue weighted by Crippen LogP contribution is -2.52. The largest absolute Gasteiger partial charge is 0.369 e. The smallest absolute Gasteiger partial charge is 0.266 e. The summed E-state index contributed by atoms with van der Waals surface area (Å²) >= 11 is 8.13. The van der Waals surface area contributed by atoms with Gasteiger partial charge in [0.15, 0.2) is 40.9 Å². The highest BCUT2D eigenvalue weighted by atomic mass is 79.9. The van der Waals surface area contributed by atoms with E-state index in [1.54, 1.807) is 78.9 Å². The molecule has 10 heterocycles. The monoisotopic (exact) mass is 1860 g/mol. The van der Waals surface area contributed by atoms with Crippen molar-refractivity contribution in [3.8, 4) is 62.8 Å². The Hall–Kier alpha value is -14.2. The standard InChI is InChI=1S/C23H27N5O2.C21H18N4OS2.C19H20N4O.C18H16N4O.C17H14BrFN4OS/c24-15-20(29)27-13-11-17(12-14-27)16-28-21(30)23(26-22(28)25,18-7-3-1-4-8-18)19-9-5-2-6-10-19;1-21(17-10-15(12-28-17)14-6-3-5-13(9-14)11-22)18(16-7-4-8-27-16)19(26)25(2)20(23)24-21;1-12-5-3-8-16(21-12)13-6-4-7-15(11-13)19(14-9-10-14)17(24)23(2)18(20)22-19;1-22-17(23)10-16(21-18(22)20)15-7-3-6-14(9-15)13-5-2-4-12(8-13)11-19;1-17(6-13(24)23(2)16(21)22-17)15-14(18)11(8-25-15)9-3-4-12(19)10(5-9)7-20/h1-10,17H,11-16,24H2,(H2,25,26);3-10,12,18H,1-2H3,(H2,23,24);3-8,11,14H,9-10H2,1-2H3,(H2,20,22);2-9,16H,10H2,1H3,(H2,20,21);3-5,8H,6H2,1-2H3,(H2,21,22)/t;18?,21-;;16-;17-/m.1.00/s1. The first kappa shape index (κ1) is 92.0. The highest BCUT2D eigenvalue weighted by molar-refractivity contribution is 9.10. The highest BCUT2D eigenvalue weighted by Gasteiger charge is 2.58. The van der Waals surface area contributed by atoms with Crippen molar-refractivity contribution >= 4 is 115 Å². The third kappa shape index (κ3) is 18.8. The molecule has 1 aliphatic carbocycles. The summed E-state index contributed by atoms with van der Waals surface area (Å²) in [5, 5.41) is 33.1. The number of nitriles is 3. The van der Waals surface area contributed by atoms with Gasteiger partial charge in [-0.3, -0.25) is 58.3 Å². The van der Waals surface area contributed by atoms with Crippen LogP contribution in [-0.2, 0) is 50.9 Å². The molecule has 7 aromatic carbocycles. The molecule has 1 saturated heterocycles. The Morgan fingerprint density at radius 3 is 1.75 bits per heavy atom. The number of thiophene rings is 3. The molecule has 6 amide bonds. The van der Waals surface area contributed by atoms with E-state index in [2.05, 4.69) is 54.1 Å². The average molecular weight is 1860 g/mol. The molecule has 0 spiro atoms. The molecule has 6 aliphatic heterocycles. The van der Waals surface area contributed by atoms with E-state index in [1.807, 2.05) is 219 Å². The number of nitrogens with two attached hydrogens (primary N) is 6. The molecule has 11 aromatic rings. The number of pyridine rings is 1. The molecular weight excluding hydrogens is 1760 g/mol. The second-order valence-corrected chi connectivity index (χ2v) is 36.3. The van der Waals surface area contributed by atoms with Crippen molar-refractivity contribution < 1.29 is 33.2 Å². The van der Waals surface area contributed by atoms with Crippen LogP contribution in [0.15, 0.2) is 258 Å². The van der Waals surface area contributed by atoms with Crippen LogP contribution in [0.4, 0.5) is 4.39 Å². The summed E-state index contributed by atoms with van der Waals surface area (Å²) in [6.45, 7) is 7.64. The SMILES string of the molecule is CN1C(=O)C(c2cccs2)[C@@](C)(c2cc(-c3cccc(C#N)c3)cs2)N=C1N.CN1C(=O)C[C@@H](c2cccc(-c3cccc(C#N)c3)c2)N=C1N.CN1C(=O)C[C@@](C)(c2scc(-c3ccc(F)c(C#N)c3)c2Br)N=C1N.Cc1cccc(-c2cccc(C3(C4CC4)N=C(N)N(C)C3=O)c2)n1.NCC(=O)N1CCC(CN2C(=O)C(c3ccccc3)(c3ccccc3)N=C2N)CC1. The minimum absolute atomic E-state index is 0.0138. The number of halogens is 2. The van der Waals surface area contributed by atoms with Crippen LogP contribution in [0.2, 0.25) is 0 Å². The van der Waals surface area contributed by atoms with Gasteiger partial charge in [-0.05, 0) is 208 Å². The molecule has 0 bridgehead atoms. The third-order valence-corrected chi connectivity index (χ3v) is 28.7. The van der Waals surface area contributed by atoms with E-state index in [-0.39, 0.29) is 95.7 Å². The molecule has 130 heavy (non-hydrogen) atoms. The molecule has 4 aromatic heterocycles. The maximum absolute atomic E-state index is 13.8. The summed E-state index contributed by atoms with van der Waals surface area (Å²) in [4.78, 5) is 115. The van der Waals surface area contributed by atoms with Crippen molar-refractivity contribution in [1.82, 2.24) is 34.4 Å². The lowest BCUT2D eigenvalue weighted by Gasteiger charge is -2.39. The number of likely N-dealkylation sites (tertiary alicyclic amines) is 1. The topological polar surface area (TPSA) is 424 Å². The van der Waals surface area contributed by atoms with Crippen molar-refractivity contribution in [2.75, 3.05) is 54.4 Å². The molecule has 12 N–H and O–H groups in total. The number of rotatable bonds is 15. The molecule has 32 heteroatoms. The minimum atomic E-state index is -1.16. The molecule has 18 rings (SSSR count). The molecular formula is C98H95BrFN21O6S3. The van der Waals surface area contributed by atoms with E-state index in [1.165, 1.54) is 43.1 Å². The number of aliphatic imine (C=N–C) groups is 5. The van der Waals surface area contributed by atoms with Crippen LogP contribution >= 0.6 is 49.9 Å². The zero-order valence-electron chi connectivity index (χ0n) is 72.4. The zero-order chi connectivity index (χ0) is 92.7. The minimum Gasteiger partial charge on any atom is -0.369 e. The van der Waals surface area contributed by atoms with Gasteiger partial charge >= 0.3 is 0 Å². The maximum Gasteiger partial charge on any atom is 0.266 e. The number of hydrogen-bond donors (Lipinski definition) is 6. The van der Waals surface area contributed by atoms with E-state index < -0.39 is 33.9 Å². The molecule has 1 saturated carbocycles. The van der Waals surface area contributed by atoms with Crippen LogP contribution in [0, 0.1) is 58.6 Å². The summed E-state index contributed by atoms with van der Waals surface area (Å²) in [5.74, 6) is 0.293. The number of nitrogens with zero attached hydrogens (tertiary/aromatic N) is 15. The number of aromatic nitrogens is 1. The maximum atomic E-state index is 13.8. The van der Waals surface area contributed by atoms with Crippen molar-refractivity contribution in [2.24, 2.45) is 71.2 Å². The van der Waals surface area contributed by atoms with Crippen molar-refractivity contribution in [1.29, 1.82) is 15.8 Å². The number of aryl methyl sites for hydroxylation is 1.